The van der Waals surface area contributed by atoms with Crippen LogP contribution in [0, 0.1) is 6.92 Å². The highest BCUT2D eigenvalue weighted by Gasteiger charge is 2.15. The van der Waals surface area contributed by atoms with Crippen molar-refractivity contribution in [1.29, 1.82) is 0 Å². The van der Waals surface area contributed by atoms with E-state index in [1.54, 1.807) is 7.11 Å². The number of para-hydroxylation sites is 1. The van der Waals surface area contributed by atoms with Crippen molar-refractivity contribution in [2.75, 3.05) is 30.4 Å². The van der Waals surface area contributed by atoms with Gasteiger partial charge in [0.2, 0.25) is 0 Å². The van der Waals surface area contributed by atoms with Crippen molar-refractivity contribution in [3.8, 4) is 5.75 Å². The highest BCUT2D eigenvalue weighted by atomic mass is 16.5. The largest absolute Gasteiger partial charge is 0.496 e. The van der Waals surface area contributed by atoms with E-state index >= 15 is 0 Å². The molecule has 1 N–H and O–H groups in total. The molecule has 1 aromatic heterocycles. The molecule has 0 atom stereocenters. The van der Waals surface area contributed by atoms with Gasteiger partial charge in [-0.2, -0.15) is 0 Å². The van der Waals surface area contributed by atoms with Gasteiger partial charge >= 0.3 is 0 Å². The number of methoxy groups -OCH3 is 1. The van der Waals surface area contributed by atoms with Crippen LogP contribution >= 0.6 is 0 Å². The van der Waals surface area contributed by atoms with Gasteiger partial charge in [-0.05, 0) is 25.8 Å². The summed E-state index contributed by atoms with van der Waals surface area (Å²) < 4.78 is 5.38. The van der Waals surface area contributed by atoms with E-state index in [9.17, 15) is 0 Å². The molecule has 2 heterocycles. The summed E-state index contributed by atoms with van der Waals surface area (Å²) in [5.41, 5.74) is 1.11. The van der Waals surface area contributed by atoms with Crippen molar-refractivity contribution >= 4 is 11.6 Å². The second-order valence-electron chi connectivity index (χ2n) is 5.52. The van der Waals surface area contributed by atoms with Crippen molar-refractivity contribution < 1.29 is 4.74 Å². The SMILES string of the molecule is COc1ccccc1CNc1cc(N2CCCC2)nc(C)n1. The van der Waals surface area contributed by atoms with Gasteiger partial charge in [-0.1, -0.05) is 18.2 Å². The maximum Gasteiger partial charge on any atom is 0.134 e. The predicted molar refractivity (Wildman–Crippen MR) is 88.5 cm³/mol. The summed E-state index contributed by atoms with van der Waals surface area (Å²) in [4.78, 5) is 11.4. The fraction of sp³-hybridized carbons (Fsp3) is 0.412. The van der Waals surface area contributed by atoms with Gasteiger partial charge < -0.3 is 15.0 Å². The van der Waals surface area contributed by atoms with E-state index in [1.165, 1.54) is 12.8 Å². The molecule has 1 saturated heterocycles. The zero-order chi connectivity index (χ0) is 15.4. The molecule has 3 rings (SSSR count). The third kappa shape index (κ3) is 3.30. The van der Waals surface area contributed by atoms with Gasteiger partial charge in [-0.25, -0.2) is 9.97 Å². The maximum atomic E-state index is 5.38. The van der Waals surface area contributed by atoms with Crippen LogP contribution in [-0.2, 0) is 6.54 Å². The number of hydrogen-bond acceptors (Lipinski definition) is 5. The Morgan fingerprint density at radius 1 is 1.18 bits per heavy atom. The van der Waals surface area contributed by atoms with Crippen LogP contribution in [0.15, 0.2) is 30.3 Å². The molecule has 22 heavy (non-hydrogen) atoms. The van der Waals surface area contributed by atoms with Gasteiger partial charge in [0.05, 0.1) is 7.11 Å². The Kier molecular flexibility index (Phi) is 4.42. The molecule has 0 aliphatic carbocycles. The standard InChI is InChI=1S/C17H22N4O/c1-13-19-16(11-17(20-13)21-9-5-6-10-21)18-12-14-7-3-4-8-15(14)22-2/h3-4,7-8,11H,5-6,9-10,12H2,1-2H3,(H,18,19,20). The van der Waals surface area contributed by atoms with Crippen LogP contribution in [0.25, 0.3) is 0 Å². The lowest BCUT2D eigenvalue weighted by Gasteiger charge is -2.18. The molecular formula is C17H22N4O. The van der Waals surface area contributed by atoms with Crippen molar-refractivity contribution in [2.45, 2.75) is 26.3 Å². The first kappa shape index (κ1) is 14.6. The summed E-state index contributed by atoms with van der Waals surface area (Å²) in [5, 5.41) is 3.38. The number of nitrogens with zero attached hydrogens (tertiary/aromatic N) is 3. The fourth-order valence-electron chi connectivity index (χ4n) is 2.79. The topological polar surface area (TPSA) is 50.3 Å². The van der Waals surface area contributed by atoms with Crippen LogP contribution in [0.5, 0.6) is 5.75 Å². The Morgan fingerprint density at radius 2 is 1.95 bits per heavy atom. The summed E-state index contributed by atoms with van der Waals surface area (Å²) in [6.07, 6.45) is 2.49. The quantitative estimate of drug-likeness (QED) is 0.919. The summed E-state index contributed by atoms with van der Waals surface area (Å²) in [6.45, 7) is 4.79. The van der Waals surface area contributed by atoms with Gasteiger partial charge in [0.25, 0.3) is 0 Å². The number of aryl methyl sites for hydroxylation is 1. The van der Waals surface area contributed by atoms with E-state index in [4.69, 9.17) is 4.74 Å². The average Bonchev–Trinajstić information content (AvgIpc) is 3.07. The van der Waals surface area contributed by atoms with Crippen LogP contribution in [-0.4, -0.2) is 30.2 Å². The number of ether oxygens (including phenoxy) is 1. The lowest BCUT2D eigenvalue weighted by molar-refractivity contribution is 0.410. The third-order valence-electron chi connectivity index (χ3n) is 3.91. The van der Waals surface area contributed by atoms with Gasteiger partial charge in [0, 0.05) is 31.3 Å². The van der Waals surface area contributed by atoms with E-state index in [-0.39, 0.29) is 0 Å². The lowest BCUT2D eigenvalue weighted by Crippen LogP contribution is -2.20. The maximum absolute atomic E-state index is 5.38. The van der Waals surface area contributed by atoms with Gasteiger partial charge in [0.15, 0.2) is 0 Å². The summed E-state index contributed by atoms with van der Waals surface area (Å²) in [6, 6.07) is 10.1. The van der Waals surface area contributed by atoms with Crippen molar-refractivity contribution in [1.82, 2.24) is 9.97 Å². The molecule has 2 aromatic rings. The average molecular weight is 298 g/mol. The molecule has 0 bridgehead atoms. The molecule has 0 radical (unpaired) electrons. The molecule has 0 saturated carbocycles. The minimum Gasteiger partial charge on any atom is -0.496 e. The van der Waals surface area contributed by atoms with Crippen LogP contribution < -0.4 is 15.0 Å². The highest BCUT2D eigenvalue weighted by Crippen LogP contribution is 2.22. The van der Waals surface area contributed by atoms with E-state index in [0.29, 0.717) is 6.54 Å². The lowest BCUT2D eigenvalue weighted by atomic mass is 10.2. The molecule has 1 fully saturated rings. The van der Waals surface area contributed by atoms with Crippen molar-refractivity contribution in [2.24, 2.45) is 0 Å². The molecule has 1 aliphatic rings. The van der Waals surface area contributed by atoms with Crippen LogP contribution in [0.2, 0.25) is 0 Å². The molecule has 0 spiro atoms. The molecular weight excluding hydrogens is 276 g/mol. The monoisotopic (exact) mass is 298 g/mol. The zero-order valence-electron chi connectivity index (χ0n) is 13.2. The molecule has 1 aliphatic heterocycles. The van der Waals surface area contributed by atoms with Crippen LogP contribution in [0.1, 0.15) is 24.2 Å². The highest BCUT2D eigenvalue weighted by molar-refractivity contribution is 5.50. The second kappa shape index (κ2) is 6.64. The molecule has 0 amide bonds. The number of nitrogens with one attached hydrogen (secondary N) is 1. The first-order valence-corrected chi connectivity index (χ1v) is 7.72. The molecule has 0 unspecified atom stereocenters. The van der Waals surface area contributed by atoms with Crippen molar-refractivity contribution in [3.05, 3.63) is 41.7 Å². The van der Waals surface area contributed by atoms with E-state index in [0.717, 1.165) is 41.9 Å². The molecule has 116 valence electrons. The Bertz CT molecular complexity index is 638. The number of hydrogen-bond donors (Lipinski definition) is 1. The van der Waals surface area contributed by atoms with Crippen LogP contribution in [0.3, 0.4) is 0 Å². The number of rotatable bonds is 5. The Labute approximate surface area is 131 Å². The zero-order valence-corrected chi connectivity index (χ0v) is 13.2. The number of aromatic nitrogens is 2. The van der Waals surface area contributed by atoms with Gasteiger partial charge in [-0.15, -0.1) is 0 Å². The first-order valence-electron chi connectivity index (χ1n) is 7.72. The minimum atomic E-state index is 0.680. The summed E-state index contributed by atoms with van der Waals surface area (Å²) in [7, 11) is 1.69. The molecule has 1 aromatic carbocycles. The number of benzene rings is 1. The van der Waals surface area contributed by atoms with Crippen molar-refractivity contribution in [3.63, 3.8) is 0 Å². The Balaban J connectivity index is 1.74. The minimum absolute atomic E-state index is 0.680. The summed E-state index contributed by atoms with van der Waals surface area (Å²) >= 11 is 0. The number of anilines is 2. The Morgan fingerprint density at radius 3 is 2.73 bits per heavy atom. The second-order valence-corrected chi connectivity index (χ2v) is 5.52. The fourth-order valence-corrected chi connectivity index (χ4v) is 2.79. The van der Waals surface area contributed by atoms with Gasteiger partial charge in [-0.3, -0.25) is 0 Å². The van der Waals surface area contributed by atoms with E-state index in [1.807, 2.05) is 31.2 Å². The van der Waals surface area contributed by atoms with E-state index < -0.39 is 0 Å². The first-order chi connectivity index (χ1) is 10.8. The smallest absolute Gasteiger partial charge is 0.134 e. The van der Waals surface area contributed by atoms with Crippen LogP contribution in [0.4, 0.5) is 11.6 Å². The third-order valence-corrected chi connectivity index (χ3v) is 3.91. The Hall–Kier alpha value is -2.30. The van der Waals surface area contributed by atoms with Gasteiger partial charge in [0.1, 0.15) is 23.2 Å². The summed E-state index contributed by atoms with van der Waals surface area (Å²) in [5.74, 6) is 3.57. The molecule has 5 heteroatoms. The van der Waals surface area contributed by atoms with E-state index in [2.05, 4.69) is 26.3 Å². The molecule has 5 nitrogen and oxygen atoms in total. The predicted octanol–water partition coefficient (Wildman–Crippen LogP) is 3.01. The normalized spacial score (nSPS) is 14.2.